The molecule has 1 aromatic heterocycles. The fourth-order valence-electron chi connectivity index (χ4n) is 2.61. The first kappa shape index (κ1) is 14.0. The Hall–Kier alpha value is -0.910. The maximum absolute atomic E-state index is 4.29. The van der Waals surface area contributed by atoms with Crippen LogP contribution in [0.3, 0.4) is 0 Å². The van der Waals surface area contributed by atoms with Gasteiger partial charge >= 0.3 is 0 Å². The molecule has 0 amide bonds. The summed E-state index contributed by atoms with van der Waals surface area (Å²) in [5.41, 5.74) is 4.37. The van der Waals surface area contributed by atoms with Gasteiger partial charge < -0.3 is 10.2 Å². The van der Waals surface area contributed by atoms with E-state index in [1.807, 2.05) is 5.51 Å². The number of thiazole rings is 1. The Morgan fingerprint density at radius 2 is 2.20 bits per heavy atom. The predicted octanol–water partition coefficient (Wildman–Crippen LogP) is 3.52. The molecule has 0 aliphatic carbocycles. The molecule has 0 spiro atoms. The van der Waals surface area contributed by atoms with Crippen molar-refractivity contribution in [3.63, 3.8) is 0 Å². The molecule has 1 fully saturated rings. The average Bonchev–Trinajstić information content (AvgIpc) is 3.11. The largest absolute Gasteiger partial charge is 0.371 e. The SMILES string of the molecule is Brc1ccc(N2CCC(CNCc3cscn3)C2)cc1. The zero-order valence-corrected chi connectivity index (χ0v) is 13.7. The Morgan fingerprint density at radius 1 is 1.35 bits per heavy atom. The maximum atomic E-state index is 4.29. The number of rotatable bonds is 5. The fraction of sp³-hybridized carbons (Fsp3) is 0.400. The molecule has 1 atom stereocenters. The van der Waals surface area contributed by atoms with Gasteiger partial charge in [0.25, 0.3) is 0 Å². The van der Waals surface area contributed by atoms with Crippen LogP contribution < -0.4 is 10.2 Å². The fourth-order valence-corrected chi connectivity index (χ4v) is 3.44. The zero-order chi connectivity index (χ0) is 13.8. The summed E-state index contributed by atoms with van der Waals surface area (Å²) in [7, 11) is 0. The first-order chi connectivity index (χ1) is 9.81. The number of hydrogen-bond acceptors (Lipinski definition) is 4. The lowest BCUT2D eigenvalue weighted by molar-refractivity contribution is 0.514. The van der Waals surface area contributed by atoms with Gasteiger partial charge in [0.15, 0.2) is 0 Å². The monoisotopic (exact) mass is 351 g/mol. The maximum Gasteiger partial charge on any atom is 0.0795 e. The standard InChI is InChI=1S/C15H18BrN3S/c16-13-1-3-15(4-2-13)19-6-5-12(9-19)7-17-8-14-10-20-11-18-14/h1-4,10-12,17H,5-9H2. The minimum absolute atomic E-state index is 0.734. The third-order valence-electron chi connectivity index (χ3n) is 3.70. The summed E-state index contributed by atoms with van der Waals surface area (Å²) in [6.45, 7) is 4.26. The molecule has 2 aromatic rings. The third kappa shape index (κ3) is 3.59. The van der Waals surface area contributed by atoms with Gasteiger partial charge in [-0.15, -0.1) is 11.3 Å². The molecule has 3 rings (SSSR count). The minimum atomic E-state index is 0.734. The van der Waals surface area contributed by atoms with Crippen molar-refractivity contribution in [2.75, 3.05) is 24.5 Å². The van der Waals surface area contributed by atoms with Crippen LogP contribution in [-0.2, 0) is 6.54 Å². The smallest absolute Gasteiger partial charge is 0.0795 e. The summed E-state index contributed by atoms with van der Waals surface area (Å²) in [5, 5.41) is 5.63. The highest BCUT2D eigenvalue weighted by Crippen LogP contribution is 2.24. The van der Waals surface area contributed by atoms with Crippen molar-refractivity contribution in [2.24, 2.45) is 5.92 Å². The molecule has 0 saturated carbocycles. The molecule has 1 aliphatic heterocycles. The van der Waals surface area contributed by atoms with Gasteiger partial charge in [-0.1, -0.05) is 15.9 Å². The summed E-state index contributed by atoms with van der Waals surface area (Å²) in [6, 6.07) is 8.61. The molecule has 20 heavy (non-hydrogen) atoms. The molecule has 1 unspecified atom stereocenters. The highest BCUT2D eigenvalue weighted by Gasteiger charge is 2.22. The number of nitrogens with zero attached hydrogens (tertiary/aromatic N) is 2. The second-order valence-corrected chi connectivity index (χ2v) is 6.82. The van der Waals surface area contributed by atoms with Crippen LogP contribution in [0, 0.1) is 5.92 Å². The Bertz CT molecular complexity index is 527. The van der Waals surface area contributed by atoms with Crippen molar-refractivity contribution in [1.29, 1.82) is 0 Å². The molecule has 106 valence electrons. The van der Waals surface area contributed by atoms with Crippen LogP contribution in [0.2, 0.25) is 0 Å². The molecule has 2 heterocycles. The van der Waals surface area contributed by atoms with Gasteiger partial charge in [-0.05, 0) is 36.6 Å². The van der Waals surface area contributed by atoms with E-state index in [0.717, 1.165) is 42.3 Å². The summed E-state index contributed by atoms with van der Waals surface area (Å²) < 4.78 is 1.14. The molecule has 1 aromatic carbocycles. The van der Waals surface area contributed by atoms with Crippen LogP contribution >= 0.6 is 27.3 Å². The topological polar surface area (TPSA) is 28.2 Å². The van der Waals surface area contributed by atoms with E-state index in [1.54, 1.807) is 11.3 Å². The highest BCUT2D eigenvalue weighted by atomic mass is 79.9. The summed E-state index contributed by atoms with van der Waals surface area (Å²) in [6.07, 6.45) is 1.26. The van der Waals surface area contributed by atoms with E-state index in [9.17, 15) is 0 Å². The summed E-state index contributed by atoms with van der Waals surface area (Å²) in [4.78, 5) is 6.77. The second-order valence-electron chi connectivity index (χ2n) is 5.19. The Balaban J connectivity index is 1.46. The van der Waals surface area contributed by atoms with Crippen molar-refractivity contribution < 1.29 is 0 Å². The molecule has 0 radical (unpaired) electrons. The van der Waals surface area contributed by atoms with E-state index in [1.165, 1.54) is 12.1 Å². The number of hydrogen-bond donors (Lipinski definition) is 1. The quantitative estimate of drug-likeness (QED) is 0.893. The molecular weight excluding hydrogens is 334 g/mol. The van der Waals surface area contributed by atoms with Gasteiger partial charge in [0.05, 0.1) is 11.2 Å². The first-order valence-corrected chi connectivity index (χ1v) is 8.63. The van der Waals surface area contributed by atoms with E-state index < -0.39 is 0 Å². The zero-order valence-electron chi connectivity index (χ0n) is 11.3. The predicted molar refractivity (Wildman–Crippen MR) is 88.3 cm³/mol. The minimum Gasteiger partial charge on any atom is -0.371 e. The van der Waals surface area contributed by atoms with Crippen LogP contribution in [0.15, 0.2) is 39.6 Å². The first-order valence-electron chi connectivity index (χ1n) is 6.89. The molecule has 0 bridgehead atoms. The van der Waals surface area contributed by atoms with Crippen molar-refractivity contribution in [1.82, 2.24) is 10.3 Å². The second kappa shape index (κ2) is 6.70. The Labute approximate surface area is 132 Å². The van der Waals surface area contributed by atoms with Gasteiger partial charge in [-0.25, -0.2) is 4.98 Å². The van der Waals surface area contributed by atoms with Gasteiger partial charge in [-0.2, -0.15) is 0 Å². The number of benzene rings is 1. The third-order valence-corrected chi connectivity index (χ3v) is 4.86. The van der Waals surface area contributed by atoms with E-state index in [-0.39, 0.29) is 0 Å². The normalized spacial score (nSPS) is 18.6. The lowest BCUT2D eigenvalue weighted by atomic mass is 10.1. The van der Waals surface area contributed by atoms with Gasteiger partial charge in [-0.3, -0.25) is 0 Å². The summed E-state index contributed by atoms with van der Waals surface area (Å²) >= 11 is 5.14. The summed E-state index contributed by atoms with van der Waals surface area (Å²) in [5.74, 6) is 0.734. The Morgan fingerprint density at radius 3 is 2.95 bits per heavy atom. The Kier molecular flexibility index (Phi) is 4.70. The van der Waals surface area contributed by atoms with Crippen molar-refractivity contribution in [2.45, 2.75) is 13.0 Å². The van der Waals surface area contributed by atoms with Gasteiger partial charge in [0.2, 0.25) is 0 Å². The van der Waals surface area contributed by atoms with Gasteiger partial charge in [0, 0.05) is 41.7 Å². The molecule has 3 nitrogen and oxygen atoms in total. The lowest BCUT2D eigenvalue weighted by Crippen LogP contribution is -2.26. The van der Waals surface area contributed by atoms with Crippen LogP contribution in [-0.4, -0.2) is 24.6 Å². The highest BCUT2D eigenvalue weighted by molar-refractivity contribution is 9.10. The number of halogens is 1. The van der Waals surface area contributed by atoms with E-state index >= 15 is 0 Å². The molecule has 1 aliphatic rings. The molecule has 5 heteroatoms. The van der Waals surface area contributed by atoms with Crippen molar-refractivity contribution >= 4 is 33.0 Å². The average molecular weight is 352 g/mol. The number of aromatic nitrogens is 1. The van der Waals surface area contributed by atoms with Crippen molar-refractivity contribution in [3.8, 4) is 0 Å². The molecule has 1 saturated heterocycles. The van der Waals surface area contributed by atoms with E-state index in [0.29, 0.717) is 0 Å². The number of nitrogens with one attached hydrogen (secondary N) is 1. The van der Waals surface area contributed by atoms with Crippen LogP contribution in [0.5, 0.6) is 0 Å². The van der Waals surface area contributed by atoms with Gasteiger partial charge in [0.1, 0.15) is 0 Å². The molecule has 1 N–H and O–H groups in total. The van der Waals surface area contributed by atoms with E-state index in [4.69, 9.17) is 0 Å². The van der Waals surface area contributed by atoms with Crippen molar-refractivity contribution in [3.05, 3.63) is 45.3 Å². The van der Waals surface area contributed by atoms with Crippen LogP contribution in [0.25, 0.3) is 0 Å². The van der Waals surface area contributed by atoms with Crippen LogP contribution in [0.1, 0.15) is 12.1 Å². The lowest BCUT2D eigenvalue weighted by Gasteiger charge is -2.19. The van der Waals surface area contributed by atoms with E-state index in [2.05, 4.69) is 60.8 Å². The van der Waals surface area contributed by atoms with Crippen LogP contribution in [0.4, 0.5) is 5.69 Å². The molecular formula is C15H18BrN3S. The number of anilines is 1.